The van der Waals surface area contributed by atoms with Crippen molar-refractivity contribution in [2.75, 3.05) is 6.61 Å². The van der Waals surface area contributed by atoms with Crippen LogP contribution in [-0.4, -0.2) is 29.4 Å². The Bertz CT molecular complexity index is 280. The average molecular weight is 214 g/mol. The van der Waals surface area contributed by atoms with Gasteiger partial charge in [-0.1, -0.05) is 13.5 Å². The Morgan fingerprint density at radius 3 is 2.40 bits per heavy atom. The van der Waals surface area contributed by atoms with E-state index in [4.69, 9.17) is 5.11 Å². The molecule has 0 bridgehead atoms. The zero-order valence-electron chi connectivity index (χ0n) is 8.62. The third kappa shape index (κ3) is 5.61. The number of hydrogen-bond acceptors (Lipinski definition) is 4. The van der Waals surface area contributed by atoms with Crippen molar-refractivity contribution in [3.8, 4) is 0 Å². The summed E-state index contributed by atoms with van der Waals surface area (Å²) in [6, 6.07) is 0. The van der Waals surface area contributed by atoms with E-state index in [-0.39, 0.29) is 25.0 Å². The van der Waals surface area contributed by atoms with Crippen molar-refractivity contribution in [2.45, 2.75) is 26.2 Å². The number of hydrogen-bond donors (Lipinski definition) is 1. The summed E-state index contributed by atoms with van der Waals surface area (Å²) in [5, 5.41) is 8.46. The molecule has 15 heavy (non-hydrogen) atoms. The largest absolute Gasteiger partial charge is 0.478 e. The SMILES string of the molecule is C=C(CCCOC(=O)C(=O)CC)C(=O)O. The molecule has 0 saturated carbocycles. The Kier molecular flexibility index (Phi) is 6.01. The van der Waals surface area contributed by atoms with Gasteiger partial charge in [0, 0.05) is 12.0 Å². The predicted octanol–water partition coefficient (Wildman–Crippen LogP) is 0.930. The summed E-state index contributed by atoms with van der Waals surface area (Å²) in [7, 11) is 0. The summed E-state index contributed by atoms with van der Waals surface area (Å²) in [6.45, 7) is 4.92. The Labute approximate surface area is 87.7 Å². The highest BCUT2D eigenvalue weighted by Crippen LogP contribution is 2.02. The highest BCUT2D eigenvalue weighted by Gasteiger charge is 2.12. The molecule has 0 aliphatic heterocycles. The number of esters is 1. The lowest BCUT2D eigenvalue weighted by atomic mass is 10.2. The third-order valence-corrected chi connectivity index (χ3v) is 1.71. The number of rotatable bonds is 7. The Balaban J connectivity index is 3.64. The van der Waals surface area contributed by atoms with Crippen molar-refractivity contribution in [1.29, 1.82) is 0 Å². The Morgan fingerprint density at radius 1 is 1.33 bits per heavy atom. The number of carbonyl (C=O) groups excluding carboxylic acids is 2. The maximum atomic E-state index is 10.8. The fourth-order valence-electron chi connectivity index (χ4n) is 0.782. The third-order valence-electron chi connectivity index (χ3n) is 1.71. The molecular formula is C10H14O5. The van der Waals surface area contributed by atoms with Crippen molar-refractivity contribution in [3.05, 3.63) is 12.2 Å². The van der Waals surface area contributed by atoms with Gasteiger partial charge >= 0.3 is 11.9 Å². The Morgan fingerprint density at radius 2 is 1.93 bits per heavy atom. The molecule has 84 valence electrons. The summed E-state index contributed by atoms with van der Waals surface area (Å²) in [6.07, 6.45) is 0.706. The first-order chi connectivity index (χ1) is 6.99. The van der Waals surface area contributed by atoms with E-state index in [0.717, 1.165) is 0 Å². The molecule has 0 aliphatic rings. The number of carbonyl (C=O) groups is 3. The van der Waals surface area contributed by atoms with Crippen LogP contribution in [0.5, 0.6) is 0 Å². The van der Waals surface area contributed by atoms with Crippen LogP contribution in [0.2, 0.25) is 0 Å². The molecule has 0 atom stereocenters. The van der Waals surface area contributed by atoms with E-state index in [9.17, 15) is 14.4 Å². The van der Waals surface area contributed by atoms with Crippen molar-refractivity contribution in [1.82, 2.24) is 0 Å². The van der Waals surface area contributed by atoms with Crippen LogP contribution >= 0.6 is 0 Å². The zero-order chi connectivity index (χ0) is 11.8. The number of ketones is 1. The van der Waals surface area contributed by atoms with E-state index >= 15 is 0 Å². The summed E-state index contributed by atoms with van der Waals surface area (Å²) >= 11 is 0. The van der Waals surface area contributed by atoms with Gasteiger partial charge in [-0.15, -0.1) is 0 Å². The molecular weight excluding hydrogens is 200 g/mol. The van der Waals surface area contributed by atoms with Crippen LogP contribution in [0.3, 0.4) is 0 Å². The zero-order valence-corrected chi connectivity index (χ0v) is 8.62. The summed E-state index contributed by atoms with van der Waals surface area (Å²) in [5.74, 6) is -2.50. The Hall–Kier alpha value is -1.65. The lowest BCUT2D eigenvalue weighted by molar-refractivity contribution is -0.153. The van der Waals surface area contributed by atoms with Crippen molar-refractivity contribution < 1.29 is 24.2 Å². The maximum absolute atomic E-state index is 10.8. The summed E-state index contributed by atoms with van der Waals surface area (Å²) < 4.78 is 4.60. The second kappa shape index (κ2) is 6.75. The standard InChI is InChI=1S/C10H14O5/c1-3-8(11)10(14)15-6-4-5-7(2)9(12)13/h2-6H2,1H3,(H,12,13). The molecule has 0 spiro atoms. The normalized spacial score (nSPS) is 9.40. The minimum Gasteiger partial charge on any atom is -0.478 e. The average Bonchev–Trinajstić information content (AvgIpc) is 2.22. The van der Waals surface area contributed by atoms with Gasteiger partial charge in [0.2, 0.25) is 5.78 Å². The lowest BCUT2D eigenvalue weighted by Crippen LogP contribution is -2.17. The first-order valence-electron chi connectivity index (χ1n) is 4.60. The van der Waals surface area contributed by atoms with Gasteiger partial charge in [-0.05, 0) is 12.8 Å². The second-order valence-electron chi connectivity index (χ2n) is 2.92. The predicted molar refractivity (Wildman–Crippen MR) is 52.3 cm³/mol. The molecule has 0 radical (unpaired) electrons. The minimum absolute atomic E-state index is 0.0386. The molecule has 0 heterocycles. The molecule has 0 aromatic rings. The van der Waals surface area contributed by atoms with Crippen LogP contribution < -0.4 is 0 Å². The molecule has 0 saturated heterocycles. The van der Waals surface area contributed by atoms with Gasteiger partial charge in [0.05, 0.1) is 6.61 Å². The van der Waals surface area contributed by atoms with Crippen LogP contribution in [0.15, 0.2) is 12.2 Å². The molecule has 1 N–H and O–H groups in total. The minimum atomic E-state index is -1.06. The molecule has 5 heteroatoms. The van der Waals surface area contributed by atoms with Crippen LogP contribution in [0.1, 0.15) is 26.2 Å². The van der Waals surface area contributed by atoms with Gasteiger partial charge in [-0.25, -0.2) is 9.59 Å². The molecule has 0 aliphatic carbocycles. The van der Waals surface area contributed by atoms with Gasteiger partial charge < -0.3 is 9.84 Å². The molecule has 0 aromatic carbocycles. The van der Waals surface area contributed by atoms with E-state index in [1.54, 1.807) is 6.92 Å². The van der Waals surface area contributed by atoms with Crippen LogP contribution in [0.4, 0.5) is 0 Å². The van der Waals surface area contributed by atoms with Gasteiger partial charge in [0.25, 0.3) is 0 Å². The topological polar surface area (TPSA) is 80.7 Å². The van der Waals surface area contributed by atoms with Crippen molar-refractivity contribution >= 4 is 17.7 Å². The van der Waals surface area contributed by atoms with E-state index in [1.165, 1.54) is 0 Å². The van der Waals surface area contributed by atoms with E-state index in [2.05, 4.69) is 11.3 Å². The van der Waals surface area contributed by atoms with E-state index in [1.807, 2.05) is 0 Å². The van der Waals surface area contributed by atoms with E-state index < -0.39 is 17.7 Å². The molecule has 0 unspecified atom stereocenters. The molecule has 0 fully saturated rings. The number of aliphatic carboxylic acids is 1. The number of carboxylic acids is 1. The number of ether oxygens (including phenoxy) is 1. The number of carboxylic acid groups (broad SMARTS) is 1. The van der Waals surface area contributed by atoms with Gasteiger partial charge in [0.1, 0.15) is 0 Å². The van der Waals surface area contributed by atoms with Crippen molar-refractivity contribution in [3.63, 3.8) is 0 Å². The van der Waals surface area contributed by atoms with Crippen LogP contribution in [0, 0.1) is 0 Å². The highest BCUT2D eigenvalue weighted by atomic mass is 16.5. The van der Waals surface area contributed by atoms with Crippen molar-refractivity contribution in [2.24, 2.45) is 0 Å². The maximum Gasteiger partial charge on any atom is 0.374 e. The lowest BCUT2D eigenvalue weighted by Gasteiger charge is -2.02. The van der Waals surface area contributed by atoms with Gasteiger partial charge in [-0.2, -0.15) is 0 Å². The molecule has 0 rings (SSSR count). The first-order valence-corrected chi connectivity index (χ1v) is 4.60. The summed E-state index contributed by atoms with van der Waals surface area (Å²) in [5.41, 5.74) is 0.0628. The smallest absolute Gasteiger partial charge is 0.374 e. The fraction of sp³-hybridized carbons (Fsp3) is 0.500. The van der Waals surface area contributed by atoms with Crippen LogP contribution in [-0.2, 0) is 19.1 Å². The highest BCUT2D eigenvalue weighted by molar-refractivity contribution is 6.33. The van der Waals surface area contributed by atoms with E-state index in [0.29, 0.717) is 6.42 Å². The monoisotopic (exact) mass is 214 g/mol. The molecule has 5 nitrogen and oxygen atoms in total. The number of Topliss-reactive ketones (excluding diaryl/α,β-unsaturated/α-hetero) is 1. The summed E-state index contributed by atoms with van der Waals surface area (Å²) in [4.78, 5) is 31.9. The fourth-order valence-corrected chi connectivity index (χ4v) is 0.782. The van der Waals surface area contributed by atoms with Gasteiger partial charge in [0.15, 0.2) is 0 Å². The quantitative estimate of drug-likeness (QED) is 0.295. The molecule has 0 amide bonds. The van der Waals surface area contributed by atoms with Crippen LogP contribution in [0.25, 0.3) is 0 Å². The second-order valence-corrected chi connectivity index (χ2v) is 2.92. The van der Waals surface area contributed by atoms with Gasteiger partial charge in [-0.3, -0.25) is 4.79 Å². The molecule has 0 aromatic heterocycles. The first kappa shape index (κ1) is 13.4.